The zero-order valence-corrected chi connectivity index (χ0v) is 27.2. The number of phenolic OH excluding ortho intramolecular Hbond substituents is 3. The molecule has 2 saturated heterocycles. The van der Waals surface area contributed by atoms with Crippen LogP contribution in [0.1, 0.15) is 17.3 Å². The highest BCUT2D eigenvalue weighted by atomic mass is 16.7. The smallest absolute Gasteiger partial charge is 0.340 e. The van der Waals surface area contributed by atoms with Crippen LogP contribution in [0.5, 0.6) is 34.5 Å². The Hall–Kier alpha value is -5.09. The van der Waals surface area contributed by atoms with Gasteiger partial charge >= 0.3 is 5.97 Å². The van der Waals surface area contributed by atoms with Gasteiger partial charge in [-0.05, 0) is 55.5 Å². The molecule has 0 saturated carbocycles. The van der Waals surface area contributed by atoms with E-state index in [0.717, 1.165) is 12.1 Å². The fraction of sp³-hybridized carbons (Fsp3) is 0.324. The van der Waals surface area contributed by atoms with Gasteiger partial charge in [0.25, 0.3) is 0 Å². The number of esters is 1. The van der Waals surface area contributed by atoms with Gasteiger partial charge in [-0.25, -0.2) is 4.79 Å². The molecule has 10 atom stereocenters. The lowest BCUT2D eigenvalue weighted by Crippen LogP contribution is -2.63. The van der Waals surface area contributed by atoms with Crippen LogP contribution >= 0.6 is 0 Å². The molecule has 14 nitrogen and oxygen atoms in total. The molecule has 6 rings (SSSR count). The zero-order chi connectivity index (χ0) is 36.1. The topological polar surface area (TPSA) is 203 Å². The largest absolute Gasteiger partial charge is 0.504 e. The zero-order valence-electron chi connectivity index (χ0n) is 27.2. The molecule has 51 heavy (non-hydrogen) atoms. The van der Waals surface area contributed by atoms with E-state index in [4.69, 9.17) is 33.2 Å². The molecule has 2 aliphatic rings. The van der Waals surface area contributed by atoms with Gasteiger partial charge in [0.2, 0.25) is 6.29 Å². The van der Waals surface area contributed by atoms with E-state index in [1.54, 1.807) is 91.9 Å². The number of para-hydroxylation sites is 3. The monoisotopic (exact) mass is 706 g/mol. The summed E-state index contributed by atoms with van der Waals surface area (Å²) in [6.07, 6.45) is -13.0. The number of aliphatic hydroxyl groups excluding tert-OH is 3. The Morgan fingerprint density at radius 2 is 1.10 bits per heavy atom. The minimum absolute atomic E-state index is 0.264. The molecular weight excluding hydrogens is 668 g/mol. The van der Waals surface area contributed by atoms with Crippen LogP contribution in [0.2, 0.25) is 0 Å². The lowest BCUT2D eigenvalue weighted by molar-refractivity contribution is -0.314. The van der Waals surface area contributed by atoms with Crippen LogP contribution < -0.4 is 14.2 Å². The number of aromatic hydroxyl groups is 3. The van der Waals surface area contributed by atoms with Gasteiger partial charge in [0, 0.05) is 0 Å². The van der Waals surface area contributed by atoms with E-state index in [1.807, 2.05) is 6.07 Å². The Morgan fingerprint density at radius 1 is 0.627 bits per heavy atom. The number of carbonyl (C=O) groups is 1. The summed E-state index contributed by atoms with van der Waals surface area (Å²) in [6.45, 7) is 1.25. The maximum absolute atomic E-state index is 13.2. The summed E-state index contributed by atoms with van der Waals surface area (Å²) in [5, 5.41) is 63.6. The standard InChI is InChI=1S/C37H38O14/c1-20-32(47-22-11-5-2-6-12-22)31(43)34(49-24-15-9-4-10-16-24)36(46-20)45-19-27-29(41)30(42)33(48-23-13-7-3-8-14-23)37(50-27)51-35(44)21-17-25(38)28(40)26(39)18-21/h2-18,20,27,29-34,36-43H,19H2,1H3. The van der Waals surface area contributed by atoms with Crippen molar-refractivity contribution in [2.75, 3.05) is 6.61 Å². The number of hydrogen-bond donors (Lipinski definition) is 6. The van der Waals surface area contributed by atoms with Gasteiger partial charge in [0.15, 0.2) is 41.9 Å². The quantitative estimate of drug-likeness (QED) is 0.0982. The highest BCUT2D eigenvalue weighted by Crippen LogP contribution is 2.36. The first kappa shape index (κ1) is 35.7. The third-order valence-electron chi connectivity index (χ3n) is 8.40. The van der Waals surface area contributed by atoms with Gasteiger partial charge in [-0.2, -0.15) is 0 Å². The van der Waals surface area contributed by atoms with E-state index < -0.39 is 91.2 Å². The van der Waals surface area contributed by atoms with Crippen molar-refractivity contribution in [2.24, 2.45) is 0 Å². The second kappa shape index (κ2) is 15.9. The van der Waals surface area contributed by atoms with Gasteiger partial charge in [-0.15, -0.1) is 0 Å². The third kappa shape index (κ3) is 8.28. The van der Waals surface area contributed by atoms with E-state index in [-0.39, 0.29) is 11.3 Å². The normalized spacial score (nSPS) is 29.1. The van der Waals surface area contributed by atoms with Crippen molar-refractivity contribution in [1.82, 2.24) is 0 Å². The molecule has 0 spiro atoms. The Morgan fingerprint density at radius 3 is 1.61 bits per heavy atom. The van der Waals surface area contributed by atoms with Crippen LogP contribution in [-0.2, 0) is 18.9 Å². The molecule has 270 valence electrons. The minimum Gasteiger partial charge on any atom is -0.504 e. The summed E-state index contributed by atoms with van der Waals surface area (Å²) in [7, 11) is 0. The van der Waals surface area contributed by atoms with E-state index in [2.05, 4.69) is 0 Å². The van der Waals surface area contributed by atoms with Crippen molar-refractivity contribution in [3.63, 3.8) is 0 Å². The predicted octanol–water partition coefficient (Wildman–Crippen LogP) is 2.87. The Labute approximate surface area is 292 Å². The fourth-order valence-electron chi connectivity index (χ4n) is 5.73. The lowest BCUT2D eigenvalue weighted by atomic mass is 9.98. The molecular formula is C37H38O14. The van der Waals surface area contributed by atoms with Crippen molar-refractivity contribution in [3.05, 3.63) is 109 Å². The van der Waals surface area contributed by atoms with E-state index >= 15 is 0 Å². The first-order valence-corrected chi connectivity index (χ1v) is 16.2. The summed E-state index contributed by atoms with van der Waals surface area (Å²) in [4.78, 5) is 13.2. The van der Waals surface area contributed by atoms with Crippen LogP contribution in [0.4, 0.5) is 0 Å². The molecule has 2 aliphatic heterocycles. The average Bonchev–Trinajstić information content (AvgIpc) is 3.14. The Balaban J connectivity index is 1.21. The van der Waals surface area contributed by atoms with Crippen LogP contribution in [0.25, 0.3) is 0 Å². The first-order chi connectivity index (χ1) is 24.6. The summed E-state index contributed by atoms with van der Waals surface area (Å²) in [6, 6.07) is 27.6. The van der Waals surface area contributed by atoms with Crippen molar-refractivity contribution in [1.29, 1.82) is 0 Å². The fourth-order valence-corrected chi connectivity index (χ4v) is 5.73. The maximum Gasteiger partial charge on any atom is 0.340 e. The minimum atomic E-state index is -1.69. The van der Waals surface area contributed by atoms with Crippen molar-refractivity contribution in [2.45, 2.75) is 68.3 Å². The molecule has 14 heteroatoms. The molecule has 0 radical (unpaired) electrons. The summed E-state index contributed by atoms with van der Waals surface area (Å²) in [5.41, 5.74) is -0.356. The molecule has 0 amide bonds. The molecule has 2 fully saturated rings. The summed E-state index contributed by atoms with van der Waals surface area (Å²) >= 11 is 0. The molecule has 4 aromatic rings. The van der Waals surface area contributed by atoms with E-state index in [1.165, 1.54) is 0 Å². The molecule has 4 aromatic carbocycles. The number of rotatable bonds is 11. The summed E-state index contributed by atoms with van der Waals surface area (Å²) in [5.74, 6) is -2.33. The second-order valence-corrected chi connectivity index (χ2v) is 12.0. The molecule has 0 aliphatic carbocycles. The maximum atomic E-state index is 13.2. The van der Waals surface area contributed by atoms with Crippen molar-refractivity contribution >= 4 is 5.97 Å². The van der Waals surface area contributed by atoms with Crippen LogP contribution in [-0.4, -0.2) is 105 Å². The molecule has 6 N–H and O–H groups in total. The third-order valence-corrected chi connectivity index (χ3v) is 8.40. The number of aliphatic hydroxyl groups is 3. The van der Waals surface area contributed by atoms with Crippen molar-refractivity contribution in [3.8, 4) is 34.5 Å². The molecule has 0 bridgehead atoms. The van der Waals surface area contributed by atoms with Crippen molar-refractivity contribution < 1.29 is 68.6 Å². The lowest BCUT2D eigenvalue weighted by Gasteiger charge is -2.44. The van der Waals surface area contributed by atoms with Gasteiger partial charge in [0.05, 0.1) is 18.3 Å². The SMILES string of the molecule is CC1OC(OCC2OC(OC(=O)c3cc(O)c(O)c(O)c3)C(Oc3ccccc3)C(O)C2O)C(Oc2ccccc2)C(O)C1Oc1ccccc1. The van der Waals surface area contributed by atoms with Crippen LogP contribution in [0, 0.1) is 0 Å². The number of carbonyl (C=O) groups excluding carboxylic acids is 1. The number of phenols is 3. The number of benzene rings is 4. The molecule has 10 unspecified atom stereocenters. The van der Waals surface area contributed by atoms with Gasteiger partial charge in [-0.3, -0.25) is 0 Å². The Bertz CT molecular complexity index is 1700. The highest BCUT2D eigenvalue weighted by molar-refractivity contribution is 5.91. The van der Waals surface area contributed by atoms with Crippen LogP contribution in [0.15, 0.2) is 103 Å². The van der Waals surface area contributed by atoms with Gasteiger partial charge in [-0.1, -0.05) is 54.6 Å². The Kier molecular flexibility index (Phi) is 11.1. The van der Waals surface area contributed by atoms with Gasteiger partial charge < -0.3 is 63.8 Å². The highest BCUT2D eigenvalue weighted by Gasteiger charge is 2.51. The van der Waals surface area contributed by atoms with E-state index in [9.17, 15) is 35.4 Å². The second-order valence-electron chi connectivity index (χ2n) is 12.0. The molecule has 2 heterocycles. The molecule has 0 aromatic heterocycles. The number of ether oxygens (including phenoxy) is 7. The summed E-state index contributed by atoms with van der Waals surface area (Å²) < 4.78 is 41.8. The average molecular weight is 707 g/mol. The first-order valence-electron chi connectivity index (χ1n) is 16.2. The van der Waals surface area contributed by atoms with Crippen LogP contribution in [0.3, 0.4) is 0 Å². The number of hydrogen-bond acceptors (Lipinski definition) is 14. The van der Waals surface area contributed by atoms with E-state index in [0.29, 0.717) is 11.5 Å². The van der Waals surface area contributed by atoms with Gasteiger partial charge in [0.1, 0.15) is 41.7 Å². The predicted molar refractivity (Wildman–Crippen MR) is 176 cm³/mol.